The Balaban J connectivity index is 2.18. The molecule has 0 aliphatic carbocycles. The van der Waals surface area contributed by atoms with Crippen molar-refractivity contribution in [1.29, 1.82) is 0 Å². The summed E-state index contributed by atoms with van der Waals surface area (Å²) in [5.41, 5.74) is 0. The third-order valence-corrected chi connectivity index (χ3v) is 2.69. The first-order valence-corrected chi connectivity index (χ1v) is 4.78. The fourth-order valence-electron chi connectivity index (χ4n) is 1.48. The second-order valence-corrected chi connectivity index (χ2v) is 3.61. The molecule has 0 aromatic carbocycles. The van der Waals surface area contributed by atoms with E-state index in [9.17, 15) is 0 Å². The van der Waals surface area contributed by atoms with Crippen LogP contribution in [0.5, 0.6) is 0 Å². The van der Waals surface area contributed by atoms with Crippen LogP contribution in [-0.4, -0.2) is 23.4 Å². The van der Waals surface area contributed by atoms with Gasteiger partial charge in [0, 0.05) is 0 Å². The second kappa shape index (κ2) is 4.24. The molecule has 1 fully saturated rings. The van der Waals surface area contributed by atoms with Crippen molar-refractivity contribution < 1.29 is 0 Å². The molecule has 60 valence electrons. The Morgan fingerprint density at radius 3 is 2.50 bits per heavy atom. The van der Waals surface area contributed by atoms with Gasteiger partial charge < -0.3 is 0 Å². The molecule has 0 saturated carbocycles. The van der Waals surface area contributed by atoms with Gasteiger partial charge in [-0.25, -0.2) is 0 Å². The summed E-state index contributed by atoms with van der Waals surface area (Å²) < 4.78 is 0. The van der Waals surface area contributed by atoms with E-state index in [2.05, 4.69) is 24.5 Å². The lowest BCUT2D eigenvalue weighted by atomic mass is 10.3. The van der Waals surface area contributed by atoms with Gasteiger partial charge in [-0.1, -0.05) is 13.3 Å². The number of hydrogen-bond acceptors (Lipinski definition) is 2. The first-order chi connectivity index (χ1) is 4.84. The van der Waals surface area contributed by atoms with E-state index in [0.717, 1.165) is 0 Å². The smallest absolute Gasteiger partial charge is 0.0527 e. The lowest BCUT2D eigenvalue weighted by Gasteiger charge is -2.21. The Morgan fingerprint density at radius 2 is 2.00 bits per heavy atom. The molecule has 1 rings (SSSR count). The van der Waals surface area contributed by atoms with E-state index >= 15 is 0 Å². The van der Waals surface area contributed by atoms with Gasteiger partial charge in [0.15, 0.2) is 0 Å². The first kappa shape index (κ1) is 8.41. The van der Waals surface area contributed by atoms with Crippen molar-refractivity contribution in [1.82, 2.24) is 4.90 Å². The van der Waals surface area contributed by atoms with Crippen molar-refractivity contribution >= 4 is 12.6 Å². The summed E-state index contributed by atoms with van der Waals surface area (Å²) in [6, 6.07) is 0. The van der Waals surface area contributed by atoms with Gasteiger partial charge in [-0.05, 0) is 32.4 Å². The van der Waals surface area contributed by atoms with E-state index in [1.807, 2.05) is 0 Å². The Kier molecular flexibility index (Phi) is 3.57. The van der Waals surface area contributed by atoms with Crippen molar-refractivity contribution in [3.8, 4) is 0 Å². The predicted octanol–water partition coefficient (Wildman–Crippen LogP) is 2.14. The van der Waals surface area contributed by atoms with Crippen molar-refractivity contribution in [2.75, 3.05) is 13.1 Å². The molecule has 2 heteroatoms. The molecule has 0 radical (unpaired) electrons. The monoisotopic (exact) mass is 159 g/mol. The van der Waals surface area contributed by atoms with E-state index in [0.29, 0.717) is 5.37 Å². The highest BCUT2D eigenvalue weighted by Crippen LogP contribution is 2.17. The molecule has 0 N–H and O–H groups in total. The molecule has 1 unspecified atom stereocenters. The maximum atomic E-state index is 4.53. The van der Waals surface area contributed by atoms with Gasteiger partial charge in [-0.15, -0.1) is 0 Å². The summed E-state index contributed by atoms with van der Waals surface area (Å²) in [5.74, 6) is 0. The third kappa shape index (κ3) is 2.17. The second-order valence-electron chi connectivity index (χ2n) is 3.01. The summed E-state index contributed by atoms with van der Waals surface area (Å²) in [6.45, 7) is 4.77. The van der Waals surface area contributed by atoms with Crippen LogP contribution in [0.15, 0.2) is 0 Å². The highest BCUT2D eigenvalue weighted by Gasteiger charge is 2.17. The third-order valence-electron chi connectivity index (χ3n) is 2.11. The Labute approximate surface area is 69.2 Å². The Morgan fingerprint density at radius 1 is 1.40 bits per heavy atom. The summed E-state index contributed by atoms with van der Waals surface area (Å²) in [6.07, 6.45) is 5.25. The van der Waals surface area contributed by atoms with Gasteiger partial charge in [0.25, 0.3) is 0 Å². The van der Waals surface area contributed by atoms with Crippen LogP contribution in [0.25, 0.3) is 0 Å². The number of thiol groups is 1. The summed E-state index contributed by atoms with van der Waals surface area (Å²) in [4.78, 5) is 2.48. The summed E-state index contributed by atoms with van der Waals surface area (Å²) >= 11 is 4.53. The van der Waals surface area contributed by atoms with Crippen LogP contribution < -0.4 is 0 Å². The minimum absolute atomic E-state index is 0.535. The average Bonchev–Trinajstić information content (AvgIpc) is 2.38. The molecule has 1 saturated heterocycles. The molecule has 1 aliphatic heterocycles. The molecular formula is C8H17NS. The van der Waals surface area contributed by atoms with Gasteiger partial charge in [0.1, 0.15) is 0 Å². The SMILES string of the molecule is CCCC(S)N1CCCC1. The quantitative estimate of drug-likeness (QED) is 0.617. The van der Waals surface area contributed by atoms with Gasteiger partial charge in [0.05, 0.1) is 5.37 Å². The minimum atomic E-state index is 0.535. The lowest BCUT2D eigenvalue weighted by Crippen LogP contribution is -2.27. The van der Waals surface area contributed by atoms with Crippen LogP contribution in [0.1, 0.15) is 32.6 Å². The van der Waals surface area contributed by atoms with Crippen LogP contribution in [-0.2, 0) is 0 Å². The maximum absolute atomic E-state index is 4.53. The molecule has 1 aliphatic rings. The van der Waals surface area contributed by atoms with E-state index in [-0.39, 0.29) is 0 Å². The molecule has 0 amide bonds. The fourth-order valence-corrected chi connectivity index (χ4v) is 1.97. The van der Waals surface area contributed by atoms with Crippen LogP contribution in [0.4, 0.5) is 0 Å². The normalized spacial score (nSPS) is 23.4. The van der Waals surface area contributed by atoms with Crippen molar-refractivity contribution in [2.24, 2.45) is 0 Å². The zero-order chi connectivity index (χ0) is 7.40. The molecule has 0 bridgehead atoms. The zero-order valence-electron chi connectivity index (χ0n) is 6.71. The number of hydrogen-bond donors (Lipinski definition) is 1. The standard InChI is InChI=1S/C8H17NS/c1-2-5-8(10)9-6-3-4-7-9/h8,10H,2-7H2,1H3. The van der Waals surface area contributed by atoms with E-state index in [1.54, 1.807) is 0 Å². The topological polar surface area (TPSA) is 3.24 Å². The van der Waals surface area contributed by atoms with Crippen molar-refractivity contribution in [3.05, 3.63) is 0 Å². The lowest BCUT2D eigenvalue weighted by molar-refractivity contribution is 0.306. The maximum Gasteiger partial charge on any atom is 0.0527 e. The van der Waals surface area contributed by atoms with Crippen LogP contribution >= 0.6 is 12.6 Å². The number of rotatable bonds is 3. The Bertz CT molecular complexity index is 89.3. The molecule has 1 heterocycles. The fraction of sp³-hybridized carbons (Fsp3) is 1.00. The Hall–Kier alpha value is 0.310. The zero-order valence-corrected chi connectivity index (χ0v) is 7.61. The molecule has 10 heavy (non-hydrogen) atoms. The van der Waals surface area contributed by atoms with Crippen molar-refractivity contribution in [2.45, 2.75) is 38.0 Å². The minimum Gasteiger partial charge on any atom is -0.292 e. The highest BCUT2D eigenvalue weighted by molar-refractivity contribution is 7.80. The van der Waals surface area contributed by atoms with Crippen LogP contribution in [0.2, 0.25) is 0 Å². The molecule has 1 atom stereocenters. The van der Waals surface area contributed by atoms with Gasteiger partial charge >= 0.3 is 0 Å². The van der Waals surface area contributed by atoms with Crippen LogP contribution in [0.3, 0.4) is 0 Å². The summed E-state index contributed by atoms with van der Waals surface area (Å²) in [5, 5.41) is 0.535. The molecule has 0 aromatic rings. The molecule has 1 nitrogen and oxygen atoms in total. The first-order valence-electron chi connectivity index (χ1n) is 4.26. The van der Waals surface area contributed by atoms with E-state index < -0.39 is 0 Å². The van der Waals surface area contributed by atoms with Gasteiger partial charge in [-0.3, -0.25) is 4.90 Å². The molecular weight excluding hydrogens is 142 g/mol. The predicted molar refractivity (Wildman–Crippen MR) is 48.5 cm³/mol. The molecule has 0 aromatic heterocycles. The van der Waals surface area contributed by atoms with E-state index in [4.69, 9.17) is 0 Å². The van der Waals surface area contributed by atoms with Gasteiger partial charge in [0.2, 0.25) is 0 Å². The van der Waals surface area contributed by atoms with E-state index in [1.165, 1.54) is 38.8 Å². The number of likely N-dealkylation sites (tertiary alicyclic amines) is 1. The largest absolute Gasteiger partial charge is 0.292 e. The average molecular weight is 159 g/mol. The summed E-state index contributed by atoms with van der Waals surface area (Å²) in [7, 11) is 0. The van der Waals surface area contributed by atoms with Crippen molar-refractivity contribution in [3.63, 3.8) is 0 Å². The van der Waals surface area contributed by atoms with Gasteiger partial charge in [-0.2, -0.15) is 12.6 Å². The number of nitrogens with zero attached hydrogens (tertiary/aromatic N) is 1. The molecule has 0 spiro atoms. The van der Waals surface area contributed by atoms with Crippen LogP contribution in [0, 0.1) is 0 Å². The highest BCUT2D eigenvalue weighted by atomic mass is 32.1.